The predicted octanol–water partition coefficient (Wildman–Crippen LogP) is 2.77. The molecule has 1 aliphatic rings. The Morgan fingerprint density at radius 1 is 1.35 bits per heavy atom. The molecule has 2 heterocycles. The summed E-state index contributed by atoms with van der Waals surface area (Å²) in [5.41, 5.74) is 1.40. The maximum absolute atomic E-state index is 5.93. The fraction of sp³-hybridized carbons (Fsp3) is 0.615. The topological polar surface area (TPSA) is 75.7 Å². The summed E-state index contributed by atoms with van der Waals surface area (Å²) >= 11 is 5.93. The fourth-order valence-corrected chi connectivity index (χ4v) is 2.88. The minimum absolute atomic E-state index is 0.229. The van der Waals surface area contributed by atoms with Gasteiger partial charge in [0, 0.05) is 12.6 Å². The van der Waals surface area contributed by atoms with Gasteiger partial charge >= 0.3 is 0 Å². The van der Waals surface area contributed by atoms with Crippen molar-refractivity contribution >= 4 is 28.6 Å². The van der Waals surface area contributed by atoms with Crippen molar-refractivity contribution in [3.8, 4) is 0 Å². The number of rotatable bonds is 4. The molecule has 0 unspecified atom stereocenters. The second-order valence-electron chi connectivity index (χ2n) is 5.01. The van der Waals surface area contributed by atoms with E-state index in [-0.39, 0.29) is 5.28 Å². The Morgan fingerprint density at radius 2 is 2.15 bits per heavy atom. The van der Waals surface area contributed by atoms with Gasteiger partial charge in [0.1, 0.15) is 5.52 Å². The number of H-pyrrole nitrogens is 1. The molecule has 2 aromatic rings. The van der Waals surface area contributed by atoms with Gasteiger partial charge in [-0.15, -0.1) is 0 Å². The van der Waals surface area contributed by atoms with E-state index in [1.807, 2.05) is 6.92 Å². The van der Waals surface area contributed by atoms with E-state index in [9.17, 15) is 0 Å². The zero-order chi connectivity index (χ0) is 13.9. The van der Waals surface area contributed by atoms with Crippen molar-refractivity contribution < 1.29 is 4.74 Å². The molecule has 108 valence electrons. The van der Waals surface area contributed by atoms with Gasteiger partial charge in [0.2, 0.25) is 5.28 Å². The summed E-state index contributed by atoms with van der Waals surface area (Å²) in [7, 11) is 0. The van der Waals surface area contributed by atoms with Gasteiger partial charge in [-0.3, -0.25) is 0 Å². The Balaban J connectivity index is 1.69. The van der Waals surface area contributed by atoms with Crippen LogP contribution in [0.2, 0.25) is 5.28 Å². The van der Waals surface area contributed by atoms with E-state index in [0.29, 0.717) is 23.6 Å². The summed E-state index contributed by atoms with van der Waals surface area (Å²) in [5, 5.41) is 3.67. The number of aromatic nitrogens is 4. The number of imidazole rings is 1. The van der Waals surface area contributed by atoms with E-state index >= 15 is 0 Å². The molecule has 0 atom stereocenters. The normalized spacial score (nSPS) is 23.1. The van der Waals surface area contributed by atoms with Gasteiger partial charge in [0.25, 0.3) is 0 Å². The Kier molecular flexibility index (Phi) is 4.03. The Morgan fingerprint density at radius 3 is 2.90 bits per heavy atom. The van der Waals surface area contributed by atoms with Crippen molar-refractivity contribution in [1.29, 1.82) is 0 Å². The maximum Gasteiger partial charge on any atom is 0.226 e. The third-order valence-electron chi connectivity index (χ3n) is 3.67. The number of nitrogens with one attached hydrogen (secondary N) is 2. The molecular formula is C13H18ClN5O. The first-order valence-electron chi connectivity index (χ1n) is 7.01. The predicted molar refractivity (Wildman–Crippen MR) is 78.0 cm³/mol. The van der Waals surface area contributed by atoms with Crippen LogP contribution in [0.4, 0.5) is 5.82 Å². The number of fused-ring (bicyclic) bond motifs is 1. The average molecular weight is 296 g/mol. The molecule has 0 amide bonds. The third kappa shape index (κ3) is 2.86. The van der Waals surface area contributed by atoms with Crippen LogP contribution in [0.5, 0.6) is 0 Å². The van der Waals surface area contributed by atoms with Crippen molar-refractivity contribution in [1.82, 2.24) is 19.9 Å². The van der Waals surface area contributed by atoms with Crippen LogP contribution < -0.4 is 5.32 Å². The highest BCUT2D eigenvalue weighted by Crippen LogP contribution is 2.26. The summed E-state index contributed by atoms with van der Waals surface area (Å²) in [6.07, 6.45) is 6.29. The lowest BCUT2D eigenvalue weighted by molar-refractivity contribution is 0.0346. The molecule has 7 heteroatoms. The van der Waals surface area contributed by atoms with Crippen LogP contribution >= 0.6 is 11.6 Å². The van der Waals surface area contributed by atoms with E-state index in [0.717, 1.165) is 37.8 Å². The molecule has 6 nitrogen and oxygen atoms in total. The molecule has 1 saturated carbocycles. The summed E-state index contributed by atoms with van der Waals surface area (Å²) in [6.45, 7) is 2.83. The van der Waals surface area contributed by atoms with Crippen LogP contribution in [0.25, 0.3) is 11.2 Å². The monoisotopic (exact) mass is 295 g/mol. The molecule has 2 N–H and O–H groups in total. The molecule has 0 saturated heterocycles. The van der Waals surface area contributed by atoms with Gasteiger partial charge in [0.05, 0.1) is 12.4 Å². The highest BCUT2D eigenvalue weighted by Gasteiger charge is 2.22. The lowest BCUT2D eigenvalue weighted by Gasteiger charge is -2.29. The van der Waals surface area contributed by atoms with Crippen LogP contribution in [0.15, 0.2) is 6.33 Å². The van der Waals surface area contributed by atoms with Crippen molar-refractivity contribution in [2.75, 3.05) is 11.9 Å². The summed E-state index contributed by atoms with van der Waals surface area (Å²) in [5.74, 6) is 0.709. The molecule has 1 aliphatic carbocycles. The van der Waals surface area contributed by atoms with Crippen molar-refractivity contribution in [2.45, 2.75) is 44.8 Å². The molecule has 20 heavy (non-hydrogen) atoms. The Hall–Kier alpha value is -1.40. The van der Waals surface area contributed by atoms with E-state index in [2.05, 4.69) is 25.3 Å². The van der Waals surface area contributed by atoms with Gasteiger partial charge in [-0.2, -0.15) is 9.97 Å². The molecule has 1 fully saturated rings. The summed E-state index contributed by atoms with van der Waals surface area (Å²) in [6, 6.07) is 0.387. The smallest absolute Gasteiger partial charge is 0.226 e. The minimum atomic E-state index is 0.229. The first-order chi connectivity index (χ1) is 9.76. The second kappa shape index (κ2) is 5.93. The average Bonchev–Trinajstić information content (AvgIpc) is 2.89. The van der Waals surface area contributed by atoms with Gasteiger partial charge in [-0.25, -0.2) is 4.98 Å². The molecular weight excluding hydrogens is 278 g/mol. The van der Waals surface area contributed by atoms with Crippen LogP contribution in [0, 0.1) is 0 Å². The zero-order valence-corrected chi connectivity index (χ0v) is 12.2. The van der Waals surface area contributed by atoms with Gasteiger partial charge < -0.3 is 15.0 Å². The number of ether oxygens (including phenoxy) is 1. The van der Waals surface area contributed by atoms with E-state index in [1.54, 1.807) is 6.33 Å². The Labute approximate surface area is 122 Å². The van der Waals surface area contributed by atoms with E-state index in [4.69, 9.17) is 16.3 Å². The fourth-order valence-electron chi connectivity index (χ4n) is 2.71. The van der Waals surface area contributed by atoms with E-state index < -0.39 is 0 Å². The summed E-state index contributed by atoms with van der Waals surface area (Å²) in [4.78, 5) is 15.6. The van der Waals surface area contributed by atoms with Crippen LogP contribution in [-0.4, -0.2) is 38.7 Å². The Bertz CT molecular complexity index is 579. The summed E-state index contributed by atoms with van der Waals surface area (Å²) < 4.78 is 5.67. The van der Waals surface area contributed by atoms with E-state index in [1.165, 1.54) is 0 Å². The highest BCUT2D eigenvalue weighted by atomic mass is 35.5. The lowest BCUT2D eigenvalue weighted by atomic mass is 9.93. The standard InChI is InChI=1S/C13H18ClN5O/c1-2-20-9-5-3-8(4-6-9)17-12-10-11(16-7-15-10)18-13(14)19-12/h7-9H,2-6H2,1H3,(H2,15,16,17,18,19). The molecule has 0 radical (unpaired) electrons. The number of hydrogen-bond donors (Lipinski definition) is 2. The SMILES string of the molecule is CCOC1CCC(Nc2nc(Cl)nc3[nH]cnc23)CC1. The molecule has 2 aromatic heterocycles. The molecule has 0 bridgehead atoms. The van der Waals surface area contributed by atoms with Gasteiger partial charge in [-0.1, -0.05) is 0 Å². The van der Waals surface area contributed by atoms with Crippen molar-refractivity contribution in [3.63, 3.8) is 0 Å². The number of nitrogens with zero attached hydrogens (tertiary/aromatic N) is 3. The lowest BCUT2D eigenvalue weighted by Crippen LogP contribution is -2.30. The van der Waals surface area contributed by atoms with Gasteiger partial charge in [0.15, 0.2) is 11.5 Å². The third-order valence-corrected chi connectivity index (χ3v) is 3.84. The van der Waals surface area contributed by atoms with Gasteiger partial charge in [-0.05, 0) is 44.2 Å². The quantitative estimate of drug-likeness (QED) is 0.848. The minimum Gasteiger partial charge on any atom is -0.379 e. The molecule has 0 aliphatic heterocycles. The number of aromatic amines is 1. The largest absolute Gasteiger partial charge is 0.379 e. The zero-order valence-electron chi connectivity index (χ0n) is 11.4. The van der Waals surface area contributed by atoms with Crippen LogP contribution in [0.3, 0.4) is 0 Å². The molecule has 0 spiro atoms. The van der Waals surface area contributed by atoms with Crippen LogP contribution in [-0.2, 0) is 4.74 Å². The first-order valence-corrected chi connectivity index (χ1v) is 7.39. The van der Waals surface area contributed by atoms with Crippen molar-refractivity contribution in [3.05, 3.63) is 11.6 Å². The maximum atomic E-state index is 5.93. The van der Waals surface area contributed by atoms with Crippen LogP contribution in [0.1, 0.15) is 32.6 Å². The molecule has 3 rings (SSSR count). The first kappa shape index (κ1) is 13.6. The number of halogens is 1. The highest BCUT2D eigenvalue weighted by molar-refractivity contribution is 6.28. The van der Waals surface area contributed by atoms with Crippen molar-refractivity contribution in [2.24, 2.45) is 0 Å². The number of hydrogen-bond acceptors (Lipinski definition) is 5. The second-order valence-corrected chi connectivity index (χ2v) is 5.35. The number of anilines is 1. The molecule has 0 aromatic carbocycles.